The molecule has 2 aromatic rings. The Kier molecular flexibility index (Phi) is 10.8. The Balaban J connectivity index is 1.52. The van der Waals surface area contributed by atoms with Crippen LogP contribution in [-0.2, 0) is 32.0 Å². The maximum absolute atomic E-state index is 14.5. The molecule has 5 nitrogen and oxygen atoms in total. The van der Waals surface area contributed by atoms with E-state index < -0.39 is 25.8 Å². The molecule has 36 heavy (non-hydrogen) atoms. The summed E-state index contributed by atoms with van der Waals surface area (Å²) in [5.41, 5.74) is -0.179. The van der Waals surface area contributed by atoms with Crippen molar-refractivity contribution in [1.29, 1.82) is 0 Å². The van der Waals surface area contributed by atoms with Crippen molar-refractivity contribution >= 4 is 20.0 Å². The van der Waals surface area contributed by atoms with Gasteiger partial charge in [-0.25, -0.2) is 8.78 Å². The quantitative estimate of drug-likeness (QED) is 0.128. The van der Waals surface area contributed by atoms with Gasteiger partial charge in [0.25, 0.3) is 0 Å². The van der Waals surface area contributed by atoms with Crippen LogP contribution < -0.4 is 5.32 Å². The molecule has 200 valence electrons. The predicted molar refractivity (Wildman–Crippen MR) is 128 cm³/mol. The van der Waals surface area contributed by atoms with Crippen LogP contribution in [0.5, 0.6) is 0 Å². The highest BCUT2D eigenvalue weighted by atomic mass is 32.2. The molecule has 1 aliphatic rings. The van der Waals surface area contributed by atoms with E-state index in [1.165, 1.54) is 12.1 Å². The largest absolute Gasteiger partial charge is 0.417 e. The van der Waals surface area contributed by atoms with Gasteiger partial charge in [-0.2, -0.15) is 13.2 Å². The second-order valence-electron chi connectivity index (χ2n) is 8.67. The standard InChI is InChI=1S/C24H29F5NO4PS/c25-19-6-4-18(5-7-19)23(15-33-16-23)8-1-2-11-36-22-13-21(26)17(12-20(22)24(27,28)29)14-30-9-3-10-34-35(31)32/h4-7,12-13,30,35H,1-3,8-11,14-16H2,(H,31,32). The first kappa shape index (κ1) is 29.1. The molecule has 2 aromatic carbocycles. The molecule has 2 N–H and O–H groups in total. The summed E-state index contributed by atoms with van der Waals surface area (Å²) < 4.78 is 89.2. The van der Waals surface area contributed by atoms with E-state index in [2.05, 4.69) is 9.84 Å². The van der Waals surface area contributed by atoms with E-state index in [9.17, 15) is 26.5 Å². The Hall–Kier alpha value is -1.49. The Morgan fingerprint density at radius 2 is 1.83 bits per heavy atom. The van der Waals surface area contributed by atoms with Gasteiger partial charge in [-0.3, -0.25) is 4.57 Å². The number of hydrogen-bond donors (Lipinski definition) is 2. The molecule has 1 saturated heterocycles. The fourth-order valence-corrected chi connectivity index (χ4v) is 5.42. The maximum atomic E-state index is 14.5. The lowest BCUT2D eigenvalue weighted by atomic mass is 9.75. The minimum atomic E-state index is -4.62. The first-order valence-corrected chi connectivity index (χ1v) is 13.8. The number of rotatable bonds is 14. The second kappa shape index (κ2) is 13.3. The van der Waals surface area contributed by atoms with E-state index in [0.29, 0.717) is 31.8 Å². The molecule has 1 aliphatic heterocycles. The third kappa shape index (κ3) is 8.26. The monoisotopic (exact) mass is 553 g/mol. The number of hydrogen-bond acceptors (Lipinski definition) is 5. The molecule has 0 saturated carbocycles. The highest BCUT2D eigenvalue weighted by Gasteiger charge is 2.39. The first-order valence-electron chi connectivity index (χ1n) is 11.5. The molecule has 0 aliphatic carbocycles. The topological polar surface area (TPSA) is 67.8 Å². The maximum Gasteiger partial charge on any atom is 0.417 e. The molecule has 0 bridgehead atoms. The fraction of sp³-hybridized carbons (Fsp3) is 0.500. The van der Waals surface area contributed by atoms with E-state index in [0.717, 1.165) is 42.3 Å². The van der Waals surface area contributed by atoms with Crippen LogP contribution in [0.1, 0.15) is 42.4 Å². The Morgan fingerprint density at radius 3 is 2.44 bits per heavy atom. The third-order valence-corrected chi connectivity index (χ3v) is 7.61. The molecule has 3 rings (SSSR count). The number of unbranched alkanes of at least 4 members (excludes halogenated alkanes) is 1. The molecule has 0 amide bonds. The lowest BCUT2D eigenvalue weighted by Crippen LogP contribution is -2.46. The van der Waals surface area contributed by atoms with Gasteiger partial charge in [0, 0.05) is 22.4 Å². The van der Waals surface area contributed by atoms with Crippen LogP contribution in [0.3, 0.4) is 0 Å². The lowest BCUT2D eigenvalue weighted by Gasteiger charge is -2.42. The van der Waals surface area contributed by atoms with Crippen molar-refractivity contribution < 1.29 is 40.7 Å². The van der Waals surface area contributed by atoms with Crippen LogP contribution in [0, 0.1) is 11.6 Å². The SMILES string of the molecule is O=[PH](O)OCCCNCc1cc(C(F)(F)F)c(SCCCCC2(c3ccc(F)cc3)COC2)cc1F. The number of benzene rings is 2. The summed E-state index contributed by atoms with van der Waals surface area (Å²) in [6.45, 7) is 1.25. The van der Waals surface area contributed by atoms with Gasteiger partial charge in [-0.1, -0.05) is 18.6 Å². The van der Waals surface area contributed by atoms with Gasteiger partial charge >= 0.3 is 14.4 Å². The number of ether oxygens (including phenoxy) is 1. The van der Waals surface area contributed by atoms with E-state index in [4.69, 9.17) is 9.63 Å². The second-order valence-corrected chi connectivity index (χ2v) is 10.6. The van der Waals surface area contributed by atoms with Crippen LogP contribution >= 0.6 is 20.0 Å². The van der Waals surface area contributed by atoms with Crippen LogP contribution in [0.2, 0.25) is 0 Å². The summed E-state index contributed by atoms with van der Waals surface area (Å²) in [7, 11) is -3.02. The molecular formula is C24H29F5NO4PS. The zero-order chi connectivity index (χ0) is 26.2. The molecule has 0 radical (unpaired) electrons. The van der Waals surface area contributed by atoms with Crippen LogP contribution in [0.25, 0.3) is 0 Å². The summed E-state index contributed by atoms with van der Waals surface area (Å²) in [5.74, 6) is -0.641. The minimum absolute atomic E-state index is 0.0190. The van der Waals surface area contributed by atoms with E-state index >= 15 is 0 Å². The van der Waals surface area contributed by atoms with Gasteiger partial charge in [0.15, 0.2) is 0 Å². The molecule has 0 spiro atoms. The molecule has 12 heteroatoms. The average molecular weight is 554 g/mol. The fourth-order valence-electron chi connectivity index (χ4n) is 4.01. The average Bonchev–Trinajstić information content (AvgIpc) is 2.78. The minimum Gasteiger partial charge on any atom is -0.379 e. The van der Waals surface area contributed by atoms with Crippen LogP contribution in [0.15, 0.2) is 41.3 Å². The summed E-state index contributed by atoms with van der Waals surface area (Å²) in [5, 5.41) is 2.82. The summed E-state index contributed by atoms with van der Waals surface area (Å²) in [4.78, 5) is 8.43. The highest BCUT2D eigenvalue weighted by Crippen LogP contribution is 2.40. The number of nitrogens with one attached hydrogen (secondary N) is 1. The molecular weight excluding hydrogens is 524 g/mol. The molecule has 1 fully saturated rings. The zero-order valence-corrected chi connectivity index (χ0v) is 21.3. The molecule has 1 heterocycles. The highest BCUT2D eigenvalue weighted by molar-refractivity contribution is 7.99. The van der Waals surface area contributed by atoms with E-state index in [1.54, 1.807) is 12.1 Å². The number of alkyl halides is 3. The smallest absolute Gasteiger partial charge is 0.379 e. The van der Waals surface area contributed by atoms with Crippen molar-refractivity contribution in [2.45, 2.75) is 48.7 Å². The molecule has 1 atom stereocenters. The van der Waals surface area contributed by atoms with Gasteiger partial charge in [0.05, 0.1) is 25.4 Å². The van der Waals surface area contributed by atoms with Gasteiger partial charge in [-0.05, 0) is 61.4 Å². The van der Waals surface area contributed by atoms with E-state index in [-0.39, 0.29) is 41.4 Å². The van der Waals surface area contributed by atoms with Crippen molar-refractivity contribution in [2.24, 2.45) is 0 Å². The normalized spacial score (nSPS) is 16.1. The molecule has 1 unspecified atom stereocenters. The van der Waals surface area contributed by atoms with Crippen molar-refractivity contribution in [3.05, 3.63) is 64.7 Å². The summed E-state index contributed by atoms with van der Waals surface area (Å²) in [6.07, 6.45) is -2.12. The Bertz CT molecular complexity index is 1020. The first-order chi connectivity index (χ1) is 17.1. The molecule has 0 aromatic heterocycles. The summed E-state index contributed by atoms with van der Waals surface area (Å²) >= 11 is 0.980. The Labute approximate surface area is 211 Å². The van der Waals surface area contributed by atoms with Gasteiger partial charge < -0.3 is 19.5 Å². The number of thioether (sulfide) groups is 1. The third-order valence-electron chi connectivity index (χ3n) is 6.01. The number of halogens is 5. The van der Waals surface area contributed by atoms with Gasteiger partial charge in [-0.15, -0.1) is 11.8 Å². The van der Waals surface area contributed by atoms with Gasteiger partial charge in [0.2, 0.25) is 0 Å². The zero-order valence-electron chi connectivity index (χ0n) is 19.5. The summed E-state index contributed by atoms with van der Waals surface area (Å²) in [6, 6.07) is 8.08. The Morgan fingerprint density at radius 1 is 1.11 bits per heavy atom. The van der Waals surface area contributed by atoms with Gasteiger partial charge in [0.1, 0.15) is 11.6 Å². The van der Waals surface area contributed by atoms with E-state index in [1.807, 2.05) is 0 Å². The van der Waals surface area contributed by atoms with Crippen molar-refractivity contribution in [3.8, 4) is 0 Å². The van der Waals surface area contributed by atoms with Crippen molar-refractivity contribution in [1.82, 2.24) is 5.32 Å². The lowest BCUT2D eigenvalue weighted by molar-refractivity contribution is -0.139. The van der Waals surface area contributed by atoms with Crippen LogP contribution in [0.4, 0.5) is 22.0 Å². The predicted octanol–water partition coefficient (Wildman–Crippen LogP) is 6.09. The van der Waals surface area contributed by atoms with Crippen molar-refractivity contribution in [3.63, 3.8) is 0 Å². The van der Waals surface area contributed by atoms with Crippen molar-refractivity contribution in [2.75, 3.05) is 32.1 Å². The van der Waals surface area contributed by atoms with Crippen LogP contribution in [-0.4, -0.2) is 37.0 Å².